The molecule has 3 atom stereocenters. The highest BCUT2D eigenvalue weighted by Crippen LogP contribution is 2.51. The largest absolute Gasteiger partial charge is 0.384 e. The van der Waals surface area contributed by atoms with Crippen molar-refractivity contribution in [3.05, 3.63) is 34.9 Å². The zero-order valence-corrected chi connectivity index (χ0v) is 13.7. The Balaban J connectivity index is 2.43. The van der Waals surface area contributed by atoms with E-state index in [1.54, 1.807) is 0 Å². The first-order valence-electron chi connectivity index (χ1n) is 8.07. The van der Waals surface area contributed by atoms with Gasteiger partial charge in [-0.15, -0.1) is 0 Å². The number of hydrogen-bond donors (Lipinski definition) is 1. The fourth-order valence-electron chi connectivity index (χ4n) is 3.71. The molecule has 2 heteroatoms. The third-order valence-electron chi connectivity index (χ3n) is 5.65. The molecule has 1 aromatic rings. The summed E-state index contributed by atoms with van der Waals surface area (Å²) in [4.78, 5) is 0. The summed E-state index contributed by atoms with van der Waals surface area (Å²) >= 11 is 0. The summed E-state index contributed by atoms with van der Waals surface area (Å²) in [7, 11) is 0. The Morgan fingerprint density at radius 1 is 1.38 bits per heavy atom. The van der Waals surface area contributed by atoms with Gasteiger partial charge in [0.2, 0.25) is 0 Å². The molecule has 0 radical (unpaired) electrons. The van der Waals surface area contributed by atoms with E-state index in [1.165, 1.54) is 17.5 Å². The highest BCUT2D eigenvalue weighted by molar-refractivity contribution is 5.36. The lowest BCUT2D eigenvalue weighted by Gasteiger charge is -2.45. The zero-order chi connectivity index (χ0) is 15.7. The van der Waals surface area contributed by atoms with Crippen molar-refractivity contribution in [3.8, 4) is 6.07 Å². The van der Waals surface area contributed by atoms with Crippen molar-refractivity contribution < 1.29 is 5.11 Å². The quantitative estimate of drug-likeness (QED) is 0.880. The van der Waals surface area contributed by atoms with Gasteiger partial charge in [-0.1, -0.05) is 44.4 Å². The second-order valence-corrected chi connectivity index (χ2v) is 6.94. The number of nitrogens with zero attached hydrogens (tertiary/aromatic N) is 1. The summed E-state index contributed by atoms with van der Waals surface area (Å²) in [5.41, 5.74) is 1.52. The van der Waals surface area contributed by atoms with Crippen LogP contribution in [0.15, 0.2) is 18.2 Å². The van der Waals surface area contributed by atoms with Crippen LogP contribution in [-0.4, -0.2) is 5.11 Å². The number of rotatable bonds is 3. The molecule has 2 nitrogen and oxygen atoms in total. The van der Waals surface area contributed by atoms with E-state index in [0.29, 0.717) is 5.92 Å². The van der Waals surface area contributed by atoms with E-state index in [4.69, 9.17) is 0 Å². The van der Waals surface area contributed by atoms with Crippen molar-refractivity contribution in [1.82, 2.24) is 0 Å². The molecule has 1 aliphatic rings. The summed E-state index contributed by atoms with van der Waals surface area (Å²) in [5.74, 6) is 0.552. The lowest BCUT2D eigenvalue weighted by atomic mass is 9.59. The van der Waals surface area contributed by atoms with Crippen LogP contribution in [0.1, 0.15) is 62.6 Å². The van der Waals surface area contributed by atoms with Crippen molar-refractivity contribution in [3.63, 3.8) is 0 Å². The van der Waals surface area contributed by atoms with Crippen molar-refractivity contribution in [1.29, 1.82) is 5.26 Å². The zero-order valence-electron chi connectivity index (χ0n) is 13.7. The van der Waals surface area contributed by atoms with Gasteiger partial charge in [-0.2, -0.15) is 5.26 Å². The monoisotopic (exact) mass is 285 g/mol. The van der Waals surface area contributed by atoms with Crippen LogP contribution < -0.4 is 0 Å². The first-order chi connectivity index (χ1) is 9.86. The number of aryl methyl sites for hydroxylation is 2. The second kappa shape index (κ2) is 5.81. The minimum absolute atomic E-state index is 0.552. The maximum atomic E-state index is 11.3. The molecule has 0 aromatic heterocycles. The highest BCUT2D eigenvalue weighted by Gasteiger charge is 2.50. The Hall–Kier alpha value is -1.33. The topological polar surface area (TPSA) is 44.0 Å². The fourth-order valence-corrected chi connectivity index (χ4v) is 3.71. The third-order valence-corrected chi connectivity index (χ3v) is 5.65. The molecular weight excluding hydrogens is 258 g/mol. The van der Waals surface area contributed by atoms with E-state index in [0.717, 1.165) is 31.2 Å². The van der Waals surface area contributed by atoms with Crippen LogP contribution in [0, 0.1) is 36.5 Å². The Morgan fingerprint density at radius 3 is 2.67 bits per heavy atom. The van der Waals surface area contributed by atoms with Gasteiger partial charge in [-0.25, -0.2) is 0 Å². The van der Waals surface area contributed by atoms with Gasteiger partial charge in [0.05, 0.1) is 11.5 Å². The first kappa shape index (κ1) is 16.0. The predicted molar refractivity (Wildman–Crippen MR) is 85.8 cm³/mol. The molecule has 114 valence electrons. The summed E-state index contributed by atoms with van der Waals surface area (Å²) in [6.07, 6.45) is 4.91. The molecule has 1 saturated carbocycles. The fraction of sp³-hybridized carbons (Fsp3) is 0.632. The molecule has 1 N–H and O–H groups in total. The summed E-state index contributed by atoms with van der Waals surface area (Å²) < 4.78 is 0. The van der Waals surface area contributed by atoms with E-state index in [2.05, 4.69) is 26.8 Å². The average Bonchev–Trinajstić information content (AvgIpc) is 2.49. The van der Waals surface area contributed by atoms with Gasteiger partial charge in [0, 0.05) is 0 Å². The maximum absolute atomic E-state index is 11.3. The van der Waals surface area contributed by atoms with Crippen LogP contribution in [0.5, 0.6) is 0 Å². The smallest absolute Gasteiger partial charge is 0.105 e. The SMILES string of the molecule is CCC1CCCC(C#N)(C(C)(O)c2ccc(C)c(C)c2)C1. The molecule has 21 heavy (non-hydrogen) atoms. The van der Waals surface area contributed by atoms with E-state index in [9.17, 15) is 10.4 Å². The van der Waals surface area contributed by atoms with Crippen molar-refractivity contribution in [2.75, 3.05) is 0 Å². The van der Waals surface area contributed by atoms with Crippen LogP contribution in [-0.2, 0) is 5.60 Å². The first-order valence-corrected chi connectivity index (χ1v) is 8.07. The Kier molecular flexibility index (Phi) is 4.44. The minimum Gasteiger partial charge on any atom is -0.384 e. The predicted octanol–water partition coefficient (Wildman–Crippen LogP) is 4.62. The van der Waals surface area contributed by atoms with Gasteiger partial charge < -0.3 is 5.11 Å². The highest BCUT2D eigenvalue weighted by atomic mass is 16.3. The molecule has 0 spiro atoms. The lowest BCUT2D eigenvalue weighted by molar-refractivity contribution is -0.0738. The molecule has 2 rings (SSSR count). The third kappa shape index (κ3) is 2.72. The summed E-state index contributed by atoms with van der Waals surface area (Å²) in [5, 5.41) is 21.1. The van der Waals surface area contributed by atoms with E-state index in [1.807, 2.05) is 25.1 Å². The van der Waals surface area contributed by atoms with Gasteiger partial charge in [0.1, 0.15) is 5.60 Å². The van der Waals surface area contributed by atoms with Gasteiger partial charge in [0.15, 0.2) is 0 Å². The Morgan fingerprint density at radius 2 is 2.10 bits per heavy atom. The normalized spacial score (nSPS) is 28.7. The number of benzene rings is 1. The Labute approximate surface area is 128 Å². The number of nitriles is 1. The van der Waals surface area contributed by atoms with Crippen LogP contribution in [0.2, 0.25) is 0 Å². The van der Waals surface area contributed by atoms with E-state index >= 15 is 0 Å². The molecule has 1 aromatic carbocycles. The number of hydrogen-bond acceptors (Lipinski definition) is 2. The second-order valence-electron chi connectivity index (χ2n) is 6.94. The molecule has 0 aliphatic heterocycles. The van der Waals surface area contributed by atoms with Crippen LogP contribution >= 0.6 is 0 Å². The minimum atomic E-state index is -1.09. The van der Waals surface area contributed by atoms with Crippen molar-refractivity contribution in [2.45, 2.75) is 65.4 Å². The molecule has 1 fully saturated rings. The molecule has 1 aliphatic carbocycles. The molecule has 0 amide bonds. The standard InChI is InChI=1S/C19H27NO/c1-5-16-7-6-10-19(12-16,13-20)18(4,21)17-9-8-14(2)15(3)11-17/h8-9,11,16,21H,5-7,10,12H2,1-4H3. The molecule has 0 bridgehead atoms. The van der Waals surface area contributed by atoms with E-state index < -0.39 is 11.0 Å². The summed E-state index contributed by atoms with van der Waals surface area (Å²) in [6.45, 7) is 8.15. The number of aliphatic hydroxyl groups is 1. The molecule has 3 unspecified atom stereocenters. The Bertz CT molecular complexity index is 555. The van der Waals surface area contributed by atoms with Crippen molar-refractivity contribution in [2.24, 2.45) is 11.3 Å². The summed E-state index contributed by atoms with van der Waals surface area (Å²) in [6, 6.07) is 8.58. The van der Waals surface area contributed by atoms with Gasteiger partial charge in [-0.3, -0.25) is 0 Å². The molecule has 0 heterocycles. The van der Waals surface area contributed by atoms with Gasteiger partial charge in [-0.05, 0) is 56.2 Å². The average molecular weight is 285 g/mol. The maximum Gasteiger partial charge on any atom is 0.105 e. The van der Waals surface area contributed by atoms with Gasteiger partial charge in [0.25, 0.3) is 0 Å². The van der Waals surface area contributed by atoms with Gasteiger partial charge >= 0.3 is 0 Å². The van der Waals surface area contributed by atoms with E-state index in [-0.39, 0.29) is 0 Å². The molecular formula is C19H27NO. The van der Waals surface area contributed by atoms with Crippen LogP contribution in [0.3, 0.4) is 0 Å². The van der Waals surface area contributed by atoms with Crippen LogP contribution in [0.25, 0.3) is 0 Å². The van der Waals surface area contributed by atoms with Crippen LogP contribution in [0.4, 0.5) is 0 Å². The lowest BCUT2D eigenvalue weighted by Crippen LogP contribution is -2.45. The van der Waals surface area contributed by atoms with Crippen molar-refractivity contribution >= 4 is 0 Å². The molecule has 0 saturated heterocycles.